The maximum absolute atomic E-state index is 12.8. The number of benzene rings is 2. The van der Waals surface area contributed by atoms with Gasteiger partial charge in [-0.3, -0.25) is 9.59 Å². The topological polar surface area (TPSA) is 117 Å². The summed E-state index contributed by atoms with van der Waals surface area (Å²) >= 11 is 0. The molecule has 0 spiro atoms. The minimum absolute atomic E-state index is 0.0295. The fraction of sp³-hybridized carbons (Fsp3) is 0.286. The first-order valence-corrected chi connectivity index (χ1v) is 11.0. The first-order valence-electron chi connectivity index (χ1n) is 9.54. The molecule has 0 saturated heterocycles. The van der Waals surface area contributed by atoms with Gasteiger partial charge in [0.25, 0.3) is 5.91 Å². The van der Waals surface area contributed by atoms with E-state index < -0.39 is 51.2 Å². The number of hydrogen-bond acceptors (Lipinski definition) is 6. The monoisotopic (exact) mass is 483 g/mol. The van der Waals surface area contributed by atoms with E-state index in [1.54, 1.807) is 30.3 Å². The van der Waals surface area contributed by atoms with Crippen molar-refractivity contribution in [1.29, 1.82) is 5.26 Å². The second-order valence-corrected chi connectivity index (χ2v) is 8.48. The van der Waals surface area contributed by atoms with Crippen LogP contribution in [0.2, 0.25) is 0 Å². The lowest BCUT2D eigenvalue weighted by Gasteiger charge is -2.22. The van der Waals surface area contributed by atoms with E-state index in [1.807, 2.05) is 10.8 Å². The highest BCUT2D eigenvalue weighted by Gasteiger charge is 2.32. The van der Waals surface area contributed by atoms with Crippen LogP contribution in [0.15, 0.2) is 59.5 Å². The lowest BCUT2D eigenvalue weighted by atomic mass is 10.2. The average molecular weight is 483 g/mol. The molecule has 2 aromatic carbocycles. The molecular weight excluding hydrogens is 463 g/mol. The molecule has 0 aliphatic rings. The van der Waals surface area contributed by atoms with Crippen LogP contribution < -0.4 is 9.62 Å². The number of ether oxygens (including phenoxy) is 1. The summed E-state index contributed by atoms with van der Waals surface area (Å²) in [5.41, 5.74) is -0.684. The van der Waals surface area contributed by atoms with Crippen molar-refractivity contribution in [2.75, 3.05) is 18.1 Å². The molecule has 0 saturated carbocycles. The number of esters is 1. The van der Waals surface area contributed by atoms with Crippen LogP contribution in [0, 0.1) is 11.3 Å². The molecule has 0 fully saturated rings. The Balaban J connectivity index is 2.03. The molecule has 0 unspecified atom stereocenters. The predicted octanol–water partition coefficient (Wildman–Crippen LogP) is 2.86. The number of nitrogens with one attached hydrogen (secondary N) is 1. The smallest absolute Gasteiger partial charge is 0.416 e. The van der Waals surface area contributed by atoms with Crippen molar-refractivity contribution in [2.45, 2.75) is 30.5 Å². The van der Waals surface area contributed by atoms with Crippen LogP contribution in [0.1, 0.15) is 18.9 Å². The predicted molar refractivity (Wildman–Crippen MR) is 111 cm³/mol. The average Bonchev–Trinajstić information content (AvgIpc) is 2.77. The number of sulfonamides is 1. The van der Waals surface area contributed by atoms with Gasteiger partial charge in [0, 0.05) is 12.2 Å². The molecule has 8 nitrogen and oxygen atoms in total. The largest absolute Gasteiger partial charge is 0.454 e. The summed E-state index contributed by atoms with van der Waals surface area (Å²) in [4.78, 5) is 25.3. The Hall–Kier alpha value is -3.43. The lowest BCUT2D eigenvalue weighted by molar-refractivity contribution is -0.149. The van der Waals surface area contributed by atoms with Gasteiger partial charge in [-0.15, -0.1) is 0 Å². The zero-order chi connectivity index (χ0) is 24.6. The zero-order valence-electron chi connectivity index (χ0n) is 17.4. The Morgan fingerprint density at radius 3 is 2.42 bits per heavy atom. The number of alkyl halides is 3. The summed E-state index contributed by atoms with van der Waals surface area (Å²) in [6.07, 6.45) is -4.71. The van der Waals surface area contributed by atoms with Crippen LogP contribution in [0.5, 0.6) is 0 Å². The Morgan fingerprint density at radius 2 is 1.82 bits per heavy atom. The number of nitriles is 1. The number of halogens is 3. The molecule has 1 N–H and O–H groups in total. The molecule has 1 atom stereocenters. The minimum atomic E-state index is -4.74. The molecule has 0 heterocycles. The summed E-state index contributed by atoms with van der Waals surface area (Å²) in [6.45, 7) is 0.450. The van der Waals surface area contributed by atoms with E-state index in [9.17, 15) is 31.2 Å². The zero-order valence-corrected chi connectivity index (χ0v) is 18.2. The molecule has 1 amide bonds. The Kier molecular flexibility index (Phi) is 8.56. The van der Waals surface area contributed by atoms with Crippen molar-refractivity contribution in [3.63, 3.8) is 0 Å². The highest BCUT2D eigenvalue weighted by atomic mass is 32.2. The molecule has 0 bridgehead atoms. The van der Waals surface area contributed by atoms with Crippen molar-refractivity contribution >= 4 is 27.6 Å². The molecule has 2 rings (SSSR count). The van der Waals surface area contributed by atoms with Crippen LogP contribution in [-0.4, -0.2) is 39.5 Å². The Morgan fingerprint density at radius 1 is 1.15 bits per heavy atom. The summed E-state index contributed by atoms with van der Waals surface area (Å²) in [5.74, 6) is -1.75. The van der Waals surface area contributed by atoms with Gasteiger partial charge in [0.15, 0.2) is 6.61 Å². The summed E-state index contributed by atoms with van der Waals surface area (Å²) < 4.78 is 70.1. The number of carbonyl (C=O) groups excluding carboxylic acids is 2. The van der Waals surface area contributed by atoms with Crippen molar-refractivity contribution in [2.24, 2.45) is 0 Å². The van der Waals surface area contributed by atoms with Gasteiger partial charge >= 0.3 is 12.1 Å². The molecule has 0 aliphatic heterocycles. The van der Waals surface area contributed by atoms with Crippen molar-refractivity contribution in [1.82, 2.24) is 4.72 Å². The van der Waals surface area contributed by atoms with Crippen LogP contribution in [0.25, 0.3) is 0 Å². The van der Waals surface area contributed by atoms with Gasteiger partial charge in [0.1, 0.15) is 6.04 Å². The summed E-state index contributed by atoms with van der Waals surface area (Å²) in [5, 5.41) is 8.80. The highest BCUT2D eigenvalue weighted by molar-refractivity contribution is 7.89. The molecule has 0 aliphatic carbocycles. The van der Waals surface area contributed by atoms with Crippen LogP contribution in [-0.2, 0) is 30.5 Å². The Bertz CT molecular complexity index is 1130. The molecular formula is C21H20F3N3O5S. The fourth-order valence-corrected chi connectivity index (χ4v) is 3.93. The van der Waals surface area contributed by atoms with Crippen molar-refractivity contribution < 1.29 is 35.9 Å². The number of hydrogen-bond donors (Lipinski definition) is 1. The van der Waals surface area contributed by atoms with E-state index in [2.05, 4.69) is 0 Å². The number of rotatable bonds is 9. The first-order chi connectivity index (χ1) is 15.5. The fourth-order valence-electron chi connectivity index (χ4n) is 2.69. The highest BCUT2D eigenvalue weighted by Crippen LogP contribution is 2.30. The van der Waals surface area contributed by atoms with E-state index in [0.717, 1.165) is 19.1 Å². The third-order valence-electron chi connectivity index (χ3n) is 4.31. The summed E-state index contributed by atoms with van der Waals surface area (Å²) in [6, 6.07) is 11.8. The number of para-hydroxylation sites is 1. The summed E-state index contributed by atoms with van der Waals surface area (Å²) in [7, 11) is -4.48. The number of nitrogens with zero attached hydrogens (tertiary/aromatic N) is 2. The van der Waals surface area contributed by atoms with Gasteiger partial charge in [0.2, 0.25) is 10.0 Å². The third kappa shape index (κ3) is 7.30. The minimum Gasteiger partial charge on any atom is -0.454 e. The van der Waals surface area contributed by atoms with Gasteiger partial charge in [-0.2, -0.15) is 23.2 Å². The normalized spacial score (nSPS) is 12.5. The SMILES string of the molecule is C[C@@H](NS(=O)(=O)c1cccc(C(F)(F)F)c1)C(=O)OCC(=O)N(CCC#N)c1ccccc1. The maximum atomic E-state index is 12.8. The van der Waals surface area contributed by atoms with Gasteiger partial charge in [-0.1, -0.05) is 24.3 Å². The molecule has 2 aromatic rings. The molecule has 12 heteroatoms. The molecule has 0 aromatic heterocycles. The number of amides is 1. The van der Waals surface area contributed by atoms with Crippen LogP contribution in [0.4, 0.5) is 18.9 Å². The van der Waals surface area contributed by atoms with E-state index in [-0.39, 0.29) is 13.0 Å². The van der Waals surface area contributed by atoms with Crippen LogP contribution in [0.3, 0.4) is 0 Å². The van der Waals surface area contributed by atoms with Crippen molar-refractivity contribution in [3.8, 4) is 6.07 Å². The van der Waals surface area contributed by atoms with Crippen molar-refractivity contribution in [3.05, 3.63) is 60.2 Å². The Labute approximate surface area is 188 Å². The number of carbonyl (C=O) groups is 2. The lowest BCUT2D eigenvalue weighted by Crippen LogP contribution is -2.41. The van der Waals surface area contributed by atoms with Gasteiger partial charge < -0.3 is 9.64 Å². The molecule has 33 heavy (non-hydrogen) atoms. The van der Waals surface area contributed by atoms with E-state index in [1.165, 1.54) is 4.90 Å². The first kappa shape index (κ1) is 25.8. The second kappa shape index (κ2) is 10.9. The maximum Gasteiger partial charge on any atom is 0.416 e. The quantitative estimate of drug-likeness (QED) is 0.549. The van der Waals surface area contributed by atoms with Gasteiger partial charge in [-0.25, -0.2) is 8.42 Å². The standard InChI is InChI=1S/C21H20F3N3O5S/c1-15(26-33(30,31)18-10-5-7-16(13-18)21(22,23)24)20(29)32-14-19(28)27(12-6-11-25)17-8-3-2-4-9-17/h2-5,7-10,13,15,26H,6,12,14H2,1H3/t15-/m1/s1. The van der Waals surface area contributed by atoms with Gasteiger partial charge in [0.05, 0.1) is 22.9 Å². The van der Waals surface area contributed by atoms with E-state index in [4.69, 9.17) is 10.00 Å². The molecule has 0 radical (unpaired) electrons. The van der Waals surface area contributed by atoms with E-state index in [0.29, 0.717) is 17.8 Å². The molecule has 176 valence electrons. The van der Waals surface area contributed by atoms with E-state index >= 15 is 0 Å². The second-order valence-electron chi connectivity index (χ2n) is 6.77. The van der Waals surface area contributed by atoms with Crippen LogP contribution >= 0.6 is 0 Å². The van der Waals surface area contributed by atoms with Gasteiger partial charge in [-0.05, 0) is 37.3 Å². The third-order valence-corrected chi connectivity index (χ3v) is 5.85. The number of anilines is 1.